The van der Waals surface area contributed by atoms with E-state index in [-0.39, 0.29) is 0 Å². The van der Waals surface area contributed by atoms with Crippen LogP contribution in [0.1, 0.15) is 37.4 Å². The van der Waals surface area contributed by atoms with Crippen molar-refractivity contribution in [1.82, 2.24) is 19.9 Å². The average Bonchev–Trinajstić information content (AvgIpc) is 3.52. The fourth-order valence-corrected chi connectivity index (χ4v) is 5.39. The van der Waals surface area contributed by atoms with E-state index in [1.807, 2.05) is 37.4 Å². The number of imidazole rings is 1. The number of aromatic amines is 1. The van der Waals surface area contributed by atoms with Crippen molar-refractivity contribution in [3.63, 3.8) is 0 Å². The molecule has 2 N–H and O–H groups in total. The third-order valence-electron chi connectivity index (χ3n) is 6.27. The lowest BCUT2D eigenvalue weighted by Gasteiger charge is -2.11. The zero-order chi connectivity index (χ0) is 25.5. The Hall–Kier alpha value is -4.36. The molecule has 1 aliphatic rings. The second-order valence-electron chi connectivity index (χ2n) is 9.20. The highest BCUT2D eigenvalue weighted by atomic mass is 32.1. The van der Waals surface area contributed by atoms with Gasteiger partial charge in [-0.15, -0.1) is 11.3 Å². The Morgan fingerprint density at radius 2 is 1.95 bits per heavy atom. The van der Waals surface area contributed by atoms with E-state index in [2.05, 4.69) is 59.6 Å². The van der Waals surface area contributed by atoms with Gasteiger partial charge in [-0.1, -0.05) is 38.6 Å². The summed E-state index contributed by atoms with van der Waals surface area (Å²) >= 11 is 1.73. The first kappa shape index (κ1) is 23.1. The first-order chi connectivity index (χ1) is 18.0. The molecule has 0 spiro atoms. The minimum Gasteiger partial charge on any atom is -0.358 e. The highest BCUT2D eigenvalue weighted by Crippen LogP contribution is 2.35. The van der Waals surface area contributed by atoms with E-state index in [0.717, 1.165) is 79.9 Å². The number of thiophene rings is 1. The number of aromatic nitrogens is 4. The first-order valence-corrected chi connectivity index (χ1v) is 13.1. The maximum absolute atomic E-state index is 4.96. The molecule has 0 bridgehead atoms. The topological polar surface area (TPSA) is 78.9 Å². The van der Waals surface area contributed by atoms with Gasteiger partial charge in [0, 0.05) is 32.8 Å². The zero-order valence-corrected chi connectivity index (χ0v) is 21.6. The molecule has 6 nitrogen and oxygen atoms in total. The minimum absolute atomic E-state index is 0.723. The highest BCUT2D eigenvalue weighted by molar-refractivity contribution is 7.16. The molecule has 0 aliphatic carbocycles. The summed E-state index contributed by atoms with van der Waals surface area (Å²) in [4.78, 5) is 24.8. The Bertz CT molecular complexity index is 1820. The molecular weight excluding hydrogens is 476 g/mol. The van der Waals surface area contributed by atoms with Crippen LogP contribution in [0.15, 0.2) is 84.8 Å². The molecule has 7 heteroatoms. The third-order valence-corrected chi connectivity index (χ3v) is 7.55. The Balaban J connectivity index is 1.37. The summed E-state index contributed by atoms with van der Waals surface area (Å²) in [6, 6.07) is 16.5. The highest BCUT2D eigenvalue weighted by Gasteiger charge is 2.19. The fraction of sp³-hybridized carbons (Fsp3) is 0.133. The number of pyridine rings is 2. The molecule has 37 heavy (non-hydrogen) atoms. The number of fused-ring (bicyclic) bond motifs is 2. The van der Waals surface area contributed by atoms with Crippen LogP contribution in [-0.2, 0) is 0 Å². The fourth-order valence-electron chi connectivity index (χ4n) is 4.43. The standard InChI is InChI=1S/C30H26N6S/c1-5-7-18(4)32-20-14-19(15-31-16-20)22-10-11-24-28(33-22)29(34-24)30-35-23-9-6-8-21(27(23)36-30)26-13-12-25(37-26)17(2)3/h6,8-16,32H,2,4-5,7H2,1,3H3,(H,35,36). The van der Waals surface area contributed by atoms with E-state index < -0.39 is 0 Å². The van der Waals surface area contributed by atoms with Gasteiger partial charge < -0.3 is 10.3 Å². The molecule has 0 saturated heterocycles. The first-order valence-electron chi connectivity index (χ1n) is 12.3. The summed E-state index contributed by atoms with van der Waals surface area (Å²) in [6.07, 6.45) is 5.59. The van der Waals surface area contributed by atoms with E-state index in [1.54, 1.807) is 17.5 Å². The second-order valence-corrected chi connectivity index (χ2v) is 10.3. The predicted octanol–water partition coefficient (Wildman–Crippen LogP) is 6.30. The van der Waals surface area contributed by atoms with Gasteiger partial charge in [0.05, 0.1) is 34.0 Å². The molecule has 0 atom stereocenters. The number of para-hydroxylation sites is 1. The molecule has 0 amide bonds. The van der Waals surface area contributed by atoms with Gasteiger partial charge in [0.2, 0.25) is 0 Å². The lowest BCUT2D eigenvalue weighted by atomic mass is 10.1. The van der Waals surface area contributed by atoms with E-state index in [4.69, 9.17) is 15.0 Å². The van der Waals surface area contributed by atoms with Crippen LogP contribution in [0.25, 0.3) is 44.0 Å². The van der Waals surface area contributed by atoms with Gasteiger partial charge in [-0.3, -0.25) is 4.98 Å². The Labute approximate surface area is 218 Å². The molecule has 182 valence electrons. The number of hydrogen-bond acceptors (Lipinski definition) is 6. The number of allylic oxidation sites excluding steroid dienone is 2. The van der Waals surface area contributed by atoms with Crippen LogP contribution < -0.4 is 16.0 Å². The van der Waals surface area contributed by atoms with Crippen LogP contribution in [0.2, 0.25) is 0 Å². The largest absolute Gasteiger partial charge is 0.358 e. The van der Waals surface area contributed by atoms with Crippen LogP contribution in [0.4, 0.5) is 5.69 Å². The second kappa shape index (κ2) is 9.26. The number of benzene rings is 1. The van der Waals surface area contributed by atoms with E-state index in [0.29, 0.717) is 0 Å². The van der Waals surface area contributed by atoms with Crippen molar-refractivity contribution in [1.29, 1.82) is 0 Å². The maximum atomic E-state index is 4.96. The van der Waals surface area contributed by atoms with Crippen molar-refractivity contribution in [2.45, 2.75) is 26.7 Å². The lowest BCUT2D eigenvalue weighted by molar-refractivity contribution is 0.913. The van der Waals surface area contributed by atoms with Crippen molar-refractivity contribution >= 4 is 39.3 Å². The van der Waals surface area contributed by atoms with E-state index >= 15 is 0 Å². The molecule has 6 rings (SSSR count). The molecule has 0 saturated carbocycles. The van der Waals surface area contributed by atoms with Crippen molar-refractivity contribution in [3.05, 3.63) is 101 Å². The van der Waals surface area contributed by atoms with E-state index in [9.17, 15) is 0 Å². The Kier molecular flexibility index (Phi) is 5.77. The van der Waals surface area contributed by atoms with Crippen LogP contribution in [0.3, 0.4) is 0 Å². The zero-order valence-electron chi connectivity index (χ0n) is 20.8. The normalized spacial score (nSPS) is 12.1. The van der Waals surface area contributed by atoms with Crippen LogP contribution >= 0.6 is 11.3 Å². The number of anilines is 1. The van der Waals surface area contributed by atoms with Crippen LogP contribution in [0.5, 0.6) is 0 Å². The predicted molar refractivity (Wildman–Crippen MR) is 153 cm³/mol. The number of hydrogen-bond donors (Lipinski definition) is 2. The third kappa shape index (κ3) is 4.27. The summed E-state index contributed by atoms with van der Waals surface area (Å²) in [6.45, 7) is 12.3. The average molecular weight is 503 g/mol. The smallest absolute Gasteiger partial charge is 0.159 e. The Morgan fingerprint density at radius 3 is 2.76 bits per heavy atom. The summed E-state index contributed by atoms with van der Waals surface area (Å²) in [7, 11) is 0. The van der Waals surface area contributed by atoms with Crippen molar-refractivity contribution in [2.75, 3.05) is 5.32 Å². The van der Waals surface area contributed by atoms with Gasteiger partial charge >= 0.3 is 0 Å². The van der Waals surface area contributed by atoms with Gasteiger partial charge in [0.25, 0.3) is 0 Å². The molecule has 0 radical (unpaired) electrons. The van der Waals surface area contributed by atoms with Gasteiger partial charge in [-0.05, 0) is 55.3 Å². The maximum Gasteiger partial charge on any atom is 0.159 e. The molecule has 1 aliphatic heterocycles. The summed E-state index contributed by atoms with van der Waals surface area (Å²) in [5.74, 6) is 0.723. The van der Waals surface area contributed by atoms with Gasteiger partial charge in [-0.25, -0.2) is 15.0 Å². The molecule has 0 unspecified atom stereocenters. The quantitative estimate of drug-likeness (QED) is 0.261. The van der Waals surface area contributed by atoms with Crippen LogP contribution in [0, 0.1) is 0 Å². The number of rotatable bonds is 8. The minimum atomic E-state index is 0.723. The van der Waals surface area contributed by atoms with Crippen LogP contribution in [-0.4, -0.2) is 19.9 Å². The number of nitrogens with zero attached hydrogens (tertiary/aromatic N) is 4. The molecule has 4 aromatic heterocycles. The van der Waals surface area contributed by atoms with Crippen molar-refractivity contribution < 1.29 is 0 Å². The summed E-state index contributed by atoms with van der Waals surface area (Å²) in [5.41, 5.74) is 8.48. The summed E-state index contributed by atoms with van der Waals surface area (Å²) in [5, 5.41) is 5.04. The van der Waals surface area contributed by atoms with Crippen molar-refractivity contribution in [2.24, 2.45) is 4.99 Å². The number of H-pyrrole nitrogens is 1. The SMILES string of the molecule is C=C(CCC)Nc1cncc(-c2ccc3c(n2)=C(c2nc4c(-c5ccc(C(=C)C)s5)cccc4[nH]2)N=3)c1. The van der Waals surface area contributed by atoms with E-state index in [1.165, 1.54) is 9.75 Å². The van der Waals surface area contributed by atoms with Gasteiger partial charge in [0.1, 0.15) is 11.0 Å². The molecule has 1 aromatic carbocycles. The molecule has 5 heterocycles. The number of nitrogens with one attached hydrogen (secondary N) is 2. The van der Waals surface area contributed by atoms with Crippen molar-refractivity contribution in [3.8, 4) is 21.7 Å². The monoisotopic (exact) mass is 502 g/mol. The Morgan fingerprint density at radius 1 is 1.05 bits per heavy atom. The molecular formula is C30H26N6S. The molecule has 5 aromatic rings. The lowest BCUT2D eigenvalue weighted by Crippen LogP contribution is -2.38. The van der Waals surface area contributed by atoms with Gasteiger partial charge in [0.15, 0.2) is 5.82 Å². The summed E-state index contributed by atoms with van der Waals surface area (Å²) < 4.78 is 0. The van der Waals surface area contributed by atoms with Gasteiger partial charge in [-0.2, -0.15) is 0 Å². The molecule has 0 fully saturated rings.